The molecule has 2 heterocycles. The first-order valence-corrected chi connectivity index (χ1v) is 9.55. The van der Waals surface area contributed by atoms with Gasteiger partial charge in [-0.3, -0.25) is 14.9 Å². The van der Waals surface area contributed by atoms with E-state index in [9.17, 15) is 20.2 Å². The minimum atomic E-state index is -0.481. The lowest BCUT2D eigenvalue weighted by Crippen LogP contribution is -2.41. The number of carbonyl (C=O) groups is 1. The highest BCUT2D eigenvalue weighted by Gasteiger charge is 2.26. The van der Waals surface area contributed by atoms with Crippen LogP contribution < -0.4 is 10.2 Å². The number of nitrogens with zero attached hydrogens (tertiary/aromatic N) is 4. The van der Waals surface area contributed by atoms with E-state index in [1.807, 2.05) is 0 Å². The molecular weight excluding hydrogens is 358 g/mol. The third kappa shape index (κ3) is 4.19. The summed E-state index contributed by atoms with van der Waals surface area (Å²) in [4.78, 5) is 29.4. The Bertz CT molecular complexity index is 929. The Kier molecular flexibility index (Phi) is 6.04. The summed E-state index contributed by atoms with van der Waals surface area (Å²) in [5, 5.41) is 23.9. The van der Waals surface area contributed by atoms with Crippen molar-refractivity contribution < 1.29 is 9.72 Å². The number of nitro benzene ring substituents is 1. The Balaban J connectivity index is 1.74. The van der Waals surface area contributed by atoms with E-state index in [0.717, 1.165) is 32.2 Å². The molecule has 0 saturated carbocycles. The Morgan fingerprint density at radius 1 is 1.39 bits per heavy atom. The SMILES string of the molecule is CCCCNC(=O)C1CCN(c2cc(C#N)c3cc([N+](=O)[O-])ccc3n2)CC1. The normalized spacial score (nSPS) is 14.6. The fourth-order valence-corrected chi connectivity index (χ4v) is 3.47. The first kappa shape index (κ1) is 19.5. The topological polar surface area (TPSA) is 112 Å². The summed E-state index contributed by atoms with van der Waals surface area (Å²) in [6.07, 6.45) is 3.51. The molecule has 8 nitrogen and oxygen atoms in total. The van der Waals surface area contributed by atoms with Crippen molar-refractivity contribution in [3.63, 3.8) is 0 Å². The van der Waals surface area contributed by atoms with Crippen LogP contribution in [0.15, 0.2) is 24.3 Å². The number of unbranched alkanes of at least 4 members (excludes halogenated alkanes) is 1. The molecule has 0 unspecified atom stereocenters. The molecule has 0 aliphatic carbocycles. The fourth-order valence-electron chi connectivity index (χ4n) is 3.47. The van der Waals surface area contributed by atoms with E-state index in [2.05, 4.69) is 28.2 Å². The minimum Gasteiger partial charge on any atom is -0.357 e. The van der Waals surface area contributed by atoms with E-state index in [1.54, 1.807) is 12.1 Å². The lowest BCUT2D eigenvalue weighted by molar-refractivity contribution is -0.384. The number of nitro groups is 1. The van der Waals surface area contributed by atoms with Crippen LogP contribution in [-0.4, -0.2) is 35.4 Å². The highest BCUT2D eigenvalue weighted by Crippen LogP contribution is 2.28. The van der Waals surface area contributed by atoms with Gasteiger partial charge in [-0.05, 0) is 31.4 Å². The predicted octanol–water partition coefficient (Wildman–Crippen LogP) is 3.15. The first-order valence-electron chi connectivity index (χ1n) is 9.55. The molecule has 28 heavy (non-hydrogen) atoms. The molecule has 0 bridgehead atoms. The van der Waals surface area contributed by atoms with Crippen LogP contribution in [0.2, 0.25) is 0 Å². The fraction of sp³-hybridized carbons (Fsp3) is 0.450. The Hall–Kier alpha value is -3.21. The van der Waals surface area contributed by atoms with Gasteiger partial charge in [0, 0.05) is 43.1 Å². The molecule has 1 saturated heterocycles. The molecule has 1 aliphatic heterocycles. The number of piperidine rings is 1. The van der Waals surface area contributed by atoms with Gasteiger partial charge in [-0.25, -0.2) is 4.98 Å². The van der Waals surface area contributed by atoms with Crippen LogP contribution >= 0.6 is 0 Å². The molecule has 1 aromatic carbocycles. The van der Waals surface area contributed by atoms with Gasteiger partial charge in [0.15, 0.2) is 0 Å². The Labute approximate surface area is 163 Å². The van der Waals surface area contributed by atoms with E-state index in [0.29, 0.717) is 35.4 Å². The maximum absolute atomic E-state index is 12.2. The number of anilines is 1. The van der Waals surface area contributed by atoms with Crippen molar-refractivity contribution in [2.75, 3.05) is 24.5 Å². The largest absolute Gasteiger partial charge is 0.357 e. The quantitative estimate of drug-likeness (QED) is 0.467. The van der Waals surface area contributed by atoms with Crippen LogP contribution in [0.4, 0.5) is 11.5 Å². The summed E-state index contributed by atoms with van der Waals surface area (Å²) in [6, 6.07) is 8.15. The van der Waals surface area contributed by atoms with Crippen molar-refractivity contribution in [2.24, 2.45) is 5.92 Å². The molecule has 8 heteroatoms. The monoisotopic (exact) mass is 381 g/mol. The molecule has 1 N–H and O–H groups in total. The van der Waals surface area contributed by atoms with E-state index < -0.39 is 4.92 Å². The van der Waals surface area contributed by atoms with Crippen molar-refractivity contribution in [2.45, 2.75) is 32.6 Å². The molecule has 0 spiro atoms. The molecular formula is C20H23N5O3. The van der Waals surface area contributed by atoms with Gasteiger partial charge in [-0.1, -0.05) is 13.3 Å². The number of carbonyl (C=O) groups excluding carboxylic acids is 1. The Morgan fingerprint density at radius 2 is 2.14 bits per heavy atom. The highest BCUT2D eigenvalue weighted by molar-refractivity contribution is 5.88. The van der Waals surface area contributed by atoms with Gasteiger partial charge in [-0.2, -0.15) is 5.26 Å². The summed E-state index contributed by atoms with van der Waals surface area (Å²) in [5.74, 6) is 0.791. The van der Waals surface area contributed by atoms with Gasteiger partial charge in [0.2, 0.25) is 5.91 Å². The van der Waals surface area contributed by atoms with Gasteiger partial charge in [0.25, 0.3) is 5.69 Å². The zero-order valence-corrected chi connectivity index (χ0v) is 15.9. The van der Waals surface area contributed by atoms with Crippen molar-refractivity contribution in [3.05, 3.63) is 39.9 Å². The smallest absolute Gasteiger partial charge is 0.270 e. The number of hydrogen-bond acceptors (Lipinski definition) is 6. The standard InChI is InChI=1S/C20H23N5O3/c1-2-3-8-22-20(26)14-6-9-24(10-7-14)19-11-15(13-21)17-12-16(25(27)28)4-5-18(17)23-19/h4-5,11-12,14H,2-3,6-10H2,1H3,(H,22,26). The third-order valence-corrected chi connectivity index (χ3v) is 5.13. The van der Waals surface area contributed by atoms with Gasteiger partial charge in [0.1, 0.15) is 5.82 Å². The van der Waals surface area contributed by atoms with Crippen LogP contribution in [0.3, 0.4) is 0 Å². The number of aromatic nitrogens is 1. The van der Waals surface area contributed by atoms with E-state index in [4.69, 9.17) is 0 Å². The number of hydrogen-bond donors (Lipinski definition) is 1. The number of rotatable bonds is 6. The second-order valence-corrected chi connectivity index (χ2v) is 7.00. The molecule has 0 radical (unpaired) electrons. The van der Waals surface area contributed by atoms with Gasteiger partial charge in [0.05, 0.1) is 22.1 Å². The van der Waals surface area contributed by atoms with E-state index >= 15 is 0 Å². The van der Waals surface area contributed by atoms with Crippen LogP contribution in [-0.2, 0) is 4.79 Å². The number of benzene rings is 1. The number of pyridine rings is 1. The van der Waals surface area contributed by atoms with Crippen molar-refractivity contribution in [1.29, 1.82) is 5.26 Å². The lowest BCUT2D eigenvalue weighted by Gasteiger charge is -2.32. The average Bonchev–Trinajstić information content (AvgIpc) is 2.72. The zero-order valence-electron chi connectivity index (χ0n) is 15.9. The molecule has 1 aliphatic rings. The average molecular weight is 381 g/mol. The molecule has 146 valence electrons. The minimum absolute atomic E-state index is 0.00616. The number of amides is 1. The maximum atomic E-state index is 12.2. The van der Waals surface area contributed by atoms with Gasteiger partial charge in [-0.15, -0.1) is 0 Å². The lowest BCUT2D eigenvalue weighted by atomic mass is 9.95. The van der Waals surface area contributed by atoms with Gasteiger partial charge < -0.3 is 10.2 Å². The van der Waals surface area contributed by atoms with Crippen molar-refractivity contribution in [1.82, 2.24) is 10.3 Å². The van der Waals surface area contributed by atoms with Crippen molar-refractivity contribution >= 4 is 28.3 Å². The van der Waals surface area contributed by atoms with Crippen LogP contribution in [0.1, 0.15) is 38.2 Å². The van der Waals surface area contributed by atoms with E-state index in [1.165, 1.54) is 12.1 Å². The third-order valence-electron chi connectivity index (χ3n) is 5.13. The second-order valence-electron chi connectivity index (χ2n) is 7.00. The molecule has 0 atom stereocenters. The number of fused-ring (bicyclic) bond motifs is 1. The molecule has 2 aromatic rings. The molecule has 3 rings (SSSR count). The predicted molar refractivity (Wildman–Crippen MR) is 106 cm³/mol. The number of nitriles is 1. The summed E-state index contributed by atoms with van der Waals surface area (Å²) in [5.41, 5.74) is 0.857. The summed E-state index contributed by atoms with van der Waals surface area (Å²) < 4.78 is 0. The molecule has 1 amide bonds. The number of nitrogens with one attached hydrogen (secondary N) is 1. The Morgan fingerprint density at radius 3 is 2.79 bits per heavy atom. The van der Waals surface area contributed by atoms with Crippen LogP contribution in [0, 0.1) is 27.4 Å². The summed E-state index contributed by atoms with van der Waals surface area (Å²) in [6.45, 7) is 4.18. The van der Waals surface area contributed by atoms with Crippen LogP contribution in [0.25, 0.3) is 10.9 Å². The molecule has 1 fully saturated rings. The second kappa shape index (κ2) is 8.65. The van der Waals surface area contributed by atoms with Crippen molar-refractivity contribution in [3.8, 4) is 6.07 Å². The summed E-state index contributed by atoms with van der Waals surface area (Å²) >= 11 is 0. The van der Waals surface area contributed by atoms with E-state index in [-0.39, 0.29) is 17.5 Å². The number of non-ortho nitro benzene ring substituents is 1. The molecule has 1 aromatic heterocycles. The highest BCUT2D eigenvalue weighted by atomic mass is 16.6. The van der Waals surface area contributed by atoms with Crippen LogP contribution in [0.5, 0.6) is 0 Å². The maximum Gasteiger partial charge on any atom is 0.270 e. The zero-order chi connectivity index (χ0) is 20.1. The summed E-state index contributed by atoms with van der Waals surface area (Å²) in [7, 11) is 0. The first-order chi connectivity index (χ1) is 13.5. The van der Waals surface area contributed by atoms with Gasteiger partial charge >= 0.3 is 0 Å².